The van der Waals surface area contributed by atoms with E-state index in [-0.39, 0.29) is 23.2 Å². The van der Waals surface area contributed by atoms with E-state index in [1.807, 2.05) is 48.5 Å². The third-order valence-electron chi connectivity index (χ3n) is 7.07. The highest BCUT2D eigenvalue weighted by Crippen LogP contribution is 2.44. The van der Waals surface area contributed by atoms with Crippen LogP contribution in [0, 0.1) is 0 Å². The van der Waals surface area contributed by atoms with Crippen molar-refractivity contribution in [3.05, 3.63) is 120 Å². The van der Waals surface area contributed by atoms with Crippen molar-refractivity contribution in [2.45, 2.75) is 42.7 Å². The Hall–Kier alpha value is -4.47. The smallest absolute Gasteiger partial charge is 0.339 e. The van der Waals surface area contributed by atoms with E-state index in [1.165, 1.54) is 36.4 Å². The maximum Gasteiger partial charge on any atom is 0.339 e. The van der Waals surface area contributed by atoms with Gasteiger partial charge in [-0.1, -0.05) is 78.9 Å². The molecule has 0 amide bonds. The van der Waals surface area contributed by atoms with Crippen LogP contribution in [0.4, 0.5) is 0 Å². The molecule has 0 radical (unpaired) electrons. The maximum atomic E-state index is 13.3. The summed E-state index contributed by atoms with van der Waals surface area (Å²) in [6, 6.07) is 28.1. The highest BCUT2D eigenvalue weighted by molar-refractivity contribution is 7.87. The Bertz CT molecular complexity index is 1640. The van der Waals surface area contributed by atoms with Gasteiger partial charge in [0.15, 0.2) is 0 Å². The van der Waals surface area contributed by atoms with E-state index >= 15 is 0 Å². The molecule has 0 heterocycles. The van der Waals surface area contributed by atoms with Crippen LogP contribution in [0.1, 0.15) is 42.4 Å². The summed E-state index contributed by atoms with van der Waals surface area (Å²) >= 11 is 0. The van der Waals surface area contributed by atoms with Gasteiger partial charge < -0.3 is 19.4 Å². The molecule has 2 N–H and O–H groups in total. The molecular formula is C33H31NO7S. The van der Waals surface area contributed by atoms with Crippen molar-refractivity contribution in [1.29, 1.82) is 0 Å². The van der Waals surface area contributed by atoms with Crippen molar-refractivity contribution >= 4 is 22.1 Å². The van der Waals surface area contributed by atoms with Crippen LogP contribution < -0.4 is 9.92 Å². The molecule has 0 saturated carbocycles. The summed E-state index contributed by atoms with van der Waals surface area (Å²) in [5.74, 6) is -2.78. The molecule has 8 nitrogen and oxygen atoms in total. The van der Waals surface area contributed by atoms with E-state index in [1.54, 1.807) is 32.0 Å². The molecule has 0 aliphatic heterocycles. The lowest BCUT2D eigenvalue weighted by Crippen LogP contribution is -2.43. The number of ether oxygens (including phenoxy) is 2. The summed E-state index contributed by atoms with van der Waals surface area (Å²) in [4.78, 5) is 26.4. The Morgan fingerprint density at radius 2 is 1.31 bits per heavy atom. The SMILES string of the molecule is CC(C)OC(=O)C(c1ccc(OS(=O)(=O)c2ccccc2)cc1)C(N)C(=O)OCC1c2ccccc2-c2ccccc21. The average molecular weight is 586 g/mol. The van der Waals surface area contributed by atoms with Crippen molar-refractivity contribution in [2.24, 2.45) is 5.73 Å². The predicted octanol–water partition coefficient (Wildman–Crippen LogP) is 5.17. The van der Waals surface area contributed by atoms with Crippen LogP contribution in [-0.2, 0) is 29.2 Å². The minimum atomic E-state index is -4.06. The summed E-state index contributed by atoms with van der Waals surface area (Å²) in [6.45, 7) is 3.44. The number of rotatable bonds is 10. The number of carbonyl (C=O) groups is 2. The maximum absolute atomic E-state index is 13.3. The van der Waals surface area contributed by atoms with Gasteiger partial charge >= 0.3 is 22.1 Å². The molecule has 0 fully saturated rings. The third kappa shape index (κ3) is 6.07. The first-order valence-corrected chi connectivity index (χ1v) is 15.0. The lowest BCUT2D eigenvalue weighted by atomic mass is 9.91. The topological polar surface area (TPSA) is 122 Å². The molecule has 216 valence electrons. The molecular weight excluding hydrogens is 554 g/mol. The first-order valence-electron chi connectivity index (χ1n) is 13.6. The Labute approximate surface area is 245 Å². The summed E-state index contributed by atoms with van der Waals surface area (Å²) in [6.07, 6.45) is -0.451. The van der Waals surface area contributed by atoms with Crippen LogP contribution in [0.15, 0.2) is 108 Å². The van der Waals surface area contributed by atoms with Gasteiger partial charge in [0.2, 0.25) is 0 Å². The number of hydrogen-bond donors (Lipinski definition) is 1. The van der Waals surface area contributed by atoms with Crippen molar-refractivity contribution in [3.63, 3.8) is 0 Å². The van der Waals surface area contributed by atoms with E-state index < -0.39 is 40.1 Å². The van der Waals surface area contributed by atoms with E-state index in [0.717, 1.165) is 22.3 Å². The molecule has 9 heteroatoms. The molecule has 2 unspecified atom stereocenters. The van der Waals surface area contributed by atoms with Crippen molar-refractivity contribution in [2.75, 3.05) is 6.61 Å². The summed E-state index contributed by atoms with van der Waals surface area (Å²) in [5.41, 5.74) is 11.0. The average Bonchev–Trinajstić information content (AvgIpc) is 3.30. The number of carbonyl (C=O) groups excluding carboxylic acids is 2. The van der Waals surface area contributed by atoms with Gasteiger partial charge in [0.05, 0.1) is 6.10 Å². The number of benzene rings is 4. The fourth-order valence-corrected chi connectivity index (χ4v) is 6.08. The minimum Gasteiger partial charge on any atom is -0.463 e. The molecule has 4 aromatic carbocycles. The van der Waals surface area contributed by atoms with Gasteiger partial charge in [0, 0.05) is 5.92 Å². The minimum absolute atomic E-state index is 0.00439. The van der Waals surface area contributed by atoms with E-state index in [9.17, 15) is 18.0 Å². The number of esters is 2. The molecule has 1 aliphatic rings. The van der Waals surface area contributed by atoms with Crippen LogP contribution >= 0.6 is 0 Å². The molecule has 5 rings (SSSR count). The Morgan fingerprint density at radius 3 is 1.88 bits per heavy atom. The fourth-order valence-electron chi connectivity index (χ4n) is 5.13. The molecule has 0 spiro atoms. The predicted molar refractivity (Wildman–Crippen MR) is 157 cm³/mol. The Balaban J connectivity index is 1.34. The Kier molecular flexibility index (Phi) is 8.42. The first kappa shape index (κ1) is 29.0. The highest BCUT2D eigenvalue weighted by atomic mass is 32.2. The summed E-state index contributed by atoms with van der Waals surface area (Å²) < 4.78 is 41.6. The summed E-state index contributed by atoms with van der Waals surface area (Å²) in [5, 5.41) is 0. The van der Waals surface area contributed by atoms with Crippen LogP contribution in [0.3, 0.4) is 0 Å². The zero-order chi connectivity index (χ0) is 29.9. The molecule has 0 bridgehead atoms. The van der Waals surface area contributed by atoms with Crippen LogP contribution in [0.2, 0.25) is 0 Å². The van der Waals surface area contributed by atoms with Crippen molar-refractivity contribution in [1.82, 2.24) is 0 Å². The van der Waals surface area contributed by atoms with Crippen LogP contribution in [0.5, 0.6) is 5.75 Å². The largest absolute Gasteiger partial charge is 0.463 e. The van der Waals surface area contributed by atoms with E-state index in [4.69, 9.17) is 19.4 Å². The van der Waals surface area contributed by atoms with Gasteiger partial charge in [-0.15, -0.1) is 0 Å². The highest BCUT2D eigenvalue weighted by Gasteiger charge is 2.37. The second-order valence-electron chi connectivity index (χ2n) is 10.3. The molecule has 1 aliphatic carbocycles. The number of fused-ring (bicyclic) bond motifs is 3. The van der Waals surface area contributed by atoms with Crippen molar-refractivity contribution < 1.29 is 31.7 Å². The molecule has 42 heavy (non-hydrogen) atoms. The second-order valence-corrected chi connectivity index (χ2v) is 11.8. The lowest BCUT2D eigenvalue weighted by molar-refractivity contribution is -0.156. The number of hydrogen-bond acceptors (Lipinski definition) is 8. The quantitative estimate of drug-likeness (QED) is 0.200. The Morgan fingerprint density at radius 1 is 0.762 bits per heavy atom. The fraction of sp³-hybridized carbons (Fsp3) is 0.212. The summed E-state index contributed by atoms with van der Waals surface area (Å²) in [7, 11) is -4.06. The molecule has 0 saturated heterocycles. The molecule has 2 atom stereocenters. The van der Waals surface area contributed by atoms with Gasteiger partial charge in [0.25, 0.3) is 0 Å². The van der Waals surface area contributed by atoms with Gasteiger partial charge in [-0.25, -0.2) is 0 Å². The molecule has 0 aromatic heterocycles. The van der Waals surface area contributed by atoms with Crippen molar-refractivity contribution in [3.8, 4) is 16.9 Å². The standard InChI is InChI=1S/C33H31NO7S/c1-21(2)40-32(35)30(22-16-18-23(19-17-22)41-42(37,38)24-10-4-3-5-11-24)31(34)33(36)39-20-29-27-14-8-6-12-25(27)26-13-7-9-15-28(26)29/h3-19,21,29-31H,20,34H2,1-2H3. The van der Waals surface area contributed by atoms with Gasteiger partial charge in [-0.2, -0.15) is 8.42 Å². The lowest BCUT2D eigenvalue weighted by Gasteiger charge is -2.24. The van der Waals surface area contributed by atoms with Crippen LogP contribution in [0.25, 0.3) is 11.1 Å². The van der Waals surface area contributed by atoms with Crippen LogP contribution in [-0.4, -0.2) is 39.1 Å². The number of nitrogens with two attached hydrogens (primary N) is 1. The van der Waals surface area contributed by atoms with Gasteiger partial charge in [0.1, 0.15) is 29.2 Å². The van der Waals surface area contributed by atoms with Gasteiger partial charge in [-0.05, 0) is 65.9 Å². The van der Waals surface area contributed by atoms with E-state index in [0.29, 0.717) is 5.56 Å². The zero-order valence-corrected chi connectivity index (χ0v) is 24.0. The first-order chi connectivity index (χ1) is 20.2. The van der Waals surface area contributed by atoms with Gasteiger partial charge in [-0.3, -0.25) is 9.59 Å². The third-order valence-corrected chi connectivity index (χ3v) is 8.33. The zero-order valence-electron chi connectivity index (χ0n) is 23.2. The van der Waals surface area contributed by atoms with E-state index in [2.05, 4.69) is 0 Å². The monoisotopic (exact) mass is 585 g/mol. The normalized spacial score (nSPS) is 14.0. The molecule has 4 aromatic rings. The second kappa shape index (κ2) is 12.2.